The number of carbonyl (C=O) groups is 1. The van der Waals surface area contributed by atoms with Crippen molar-refractivity contribution >= 4 is 33.2 Å². The first-order valence-corrected chi connectivity index (χ1v) is 9.29. The van der Waals surface area contributed by atoms with Gasteiger partial charge in [0.1, 0.15) is 10.9 Å². The van der Waals surface area contributed by atoms with E-state index in [4.69, 9.17) is 11.6 Å². The van der Waals surface area contributed by atoms with Crippen LogP contribution in [-0.2, 0) is 21.4 Å². The molecule has 1 heterocycles. The molecule has 7 heteroatoms. The molecule has 126 valence electrons. The van der Waals surface area contributed by atoms with Crippen LogP contribution in [0.5, 0.6) is 0 Å². The first-order valence-electron chi connectivity index (χ1n) is 7.47. The van der Waals surface area contributed by atoms with E-state index in [1.807, 2.05) is 31.2 Å². The lowest BCUT2D eigenvalue weighted by atomic mass is 10.1. The highest BCUT2D eigenvalue weighted by Crippen LogP contribution is 2.33. The molecule has 0 aromatic heterocycles. The average Bonchev–Trinajstić information content (AvgIpc) is 2.60. The van der Waals surface area contributed by atoms with Gasteiger partial charge < -0.3 is 5.32 Å². The molecule has 1 aliphatic heterocycles. The lowest BCUT2D eigenvalue weighted by Gasteiger charge is -2.25. The van der Waals surface area contributed by atoms with Gasteiger partial charge in [-0.25, -0.2) is 8.42 Å². The summed E-state index contributed by atoms with van der Waals surface area (Å²) in [6.45, 7) is 3.61. The number of carbonyl (C=O) groups excluding carboxylic acids is 1. The molecule has 0 bridgehead atoms. The fraction of sp³-hybridized carbons (Fsp3) is 0.235. The fourth-order valence-corrected chi connectivity index (χ4v) is 4.68. The Labute approximate surface area is 146 Å². The SMILES string of the molecule is Cc1ccccc1CN1C(C)C(=O)Nc2ccc(Cl)cc2S1(=O)=O. The van der Waals surface area contributed by atoms with Gasteiger partial charge in [0.05, 0.1) is 5.69 Å². The van der Waals surface area contributed by atoms with E-state index in [2.05, 4.69) is 5.32 Å². The molecule has 1 aliphatic rings. The van der Waals surface area contributed by atoms with E-state index in [1.54, 1.807) is 13.0 Å². The van der Waals surface area contributed by atoms with E-state index in [0.717, 1.165) is 11.1 Å². The molecule has 0 saturated heterocycles. The van der Waals surface area contributed by atoms with Gasteiger partial charge in [0, 0.05) is 11.6 Å². The largest absolute Gasteiger partial charge is 0.323 e. The summed E-state index contributed by atoms with van der Waals surface area (Å²) in [4.78, 5) is 12.4. The summed E-state index contributed by atoms with van der Waals surface area (Å²) in [6.07, 6.45) is 0. The van der Waals surface area contributed by atoms with Gasteiger partial charge in [0.25, 0.3) is 0 Å². The molecule has 0 spiro atoms. The molecular formula is C17H17ClN2O3S. The second kappa shape index (κ2) is 6.20. The van der Waals surface area contributed by atoms with Crippen LogP contribution in [-0.4, -0.2) is 24.7 Å². The van der Waals surface area contributed by atoms with E-state index in [0.29, 0.717) is 5.02 Å². The van der Waals surface area contributed by atoms with Gasteiger partial charge in [-0.3, -0.25) is 4.79 Å². The van der Waals surface area contributed by atoms with Gasteiger partial charge in [0.15, 0.2) is 0 Å². The molecule has 3 rings (SSSR count). The number of nitrogens with one attached hydrogen (secondary N) is 1. The second-order valence-electron chi connectivity index (χ2n) is 5.78. The molecule has 1 N–H and O–H groups in total. The minimum atomic E-state index is -3.87. The van der Waals surface area contributed by atoms with Gasteiger partial charge in [-0.15, -0.1) is 0 Å². The summed E-state index contributed by atoms with van der Waals surface area (Å²) >= 11 is 5.97. The molecule has 24 heavy (non-hydrogen) atoms. The van der Waals surface area contributed by atoms with Crippen LogP contribution in [0.25, 0.3) is 0 Å². The van der Waals surface area contributed by atoms with Gasteiger partial charge in [0.2, 0.25) is 15.9 Å². The smallest absolute Gasteiger partial charge is 0.246 e. The minimum absolute atomic E-state index is 0.0151. The Morgan fingerprint density at radius 1 is 1.21 bits per heavy atom. The molecule has 2 aromatic rings. The highest BCUT2D eigenvalue weighted by Gasteiger charge is 2.38. The Hall–Kier alpha value is -1.89. The highest BCUT2D eigenvalue weighted by atomic mass is 35.5. The van der Waals surface area contributed by atoms with Crippen molar-refractivity contribution in [3.63, 3.8) is 0 Å². The normalized spacial score (nSPS) is 20.1. The zero-order chi connectivity index (χ0) is 17.5. The molecule has 0 aliphatic carbocycles. The monoisotopic (exact) mass is 364 g/mol. The second-order valence-corrected chi connectivity index (χ2v) is 8.08. The number of hydrogen-bond acceptors (Lipinski definition) is 3. The maximum absolute atomic E-state index is 13.1. The quantitative estimate of drug-likeness (QED) is 0.889. The summed E-state index contributed by atoms with van der Waals surface area (Å²) in [5.74, 6) is -0.367. The van der Waals surface area contributed by atoms with E-state index in [9.17, 15) is 13.2 Å². The number of hydrogen-bond donors (Lipinski definition) is 1. The third kappa shape index (κ3) is 2.92. The van der Waals surface area contributed by atoms with Crippen molar-refractivity contribution in [1.29, 1.82) is 0 Å². The number of anilines is 1. The van der Waals surface area contributed by atoms with E-state index in [1.165, 1.54) is 16.4 Å². The Balaban J connectivity index is 2.13. The number of aryl methyl sites for hydroxylation is 1. The summed E-state index contributed by atoms with van der Waals surface area (Å²) in [5.41, 5.74) is 2.07. The van der Waals surface area contributed by atoms with Crippen LogP contribution in [0.2, 0.25) is 5.02 Å². The van der Waals surface area contributed by atoms with Crippen LogP contribution < -0.4 is 5.32 Å². The standard InChI is InChI=1S/C17H17ClN2O3S/c1-11-5-3-4-6-13(11)10-20-12(2)17(21)19-15-8-7-14(18)9-16(15)24(20,22)23/h3-9,12H,10H2,1-2H3,(H,19,21). The lowest BCUT2D eigenvalue weighted by molar-refractivity contribution is -0.119. The molecule has 1 unspecified atom stereocenters. The van der Waals surface area contributed by atoms with Crippen LogP contribution in [0, 0.1) is 6.92 Å². The van der Waals surface area contributed by atoms with Crippen LogP contribution >= 0.6 is 11.6 Å². The molecule has 5 nitrogen and oxygen atoms in total. The highest BCUT2D eigenvalue weighted by molar-refractivity contribution is 7.89. The molecule has 0 fully saturated rings. The van der Waals surface area contributed by atoms with E-state index >= 15 is 0 Å². The molecule has 1 amide bonds. The Kier molecular flexibility index (Phi) is 4.38. The summed E-state index contributed by atoms with van der Waals surface area (Å²) < 4.78 is 27.5. The van der Waals surface area contributed by atoms with Crippen LogP contribution in [0.1, 0.15) is 18.1 Å². The molecule has 1 atom stereocenters. The van der Waals surface area contributed by atoms with E-state index < -0.39 is 16.1 Å². The van der Waals surface area contributed by atoms with Crippen molar-refractivity contribution in [3.8, 4) is 0 Å². The Bertz CT molecular complexity index is 912. The first kappa shape index (κ1) is 17.0. The van der Waals surface area contributed by atoms with Crippen molar-refractivity contribution in [2.45, 2.75) is 31.3 Å². The predicted octanol–water partition coefficient (Wildman–Crippen LogP) is 3.18. The van der Waals surface area contributed by atoms with Gasteiger partial charge in [-0.2, -0.15) is 4.31 Å². The van der Waals surface area contributed by atoms with Crippen LogP contribution in [0.3, 0.4) is 0 Å². The number of benzene rings is 2. The zero-order valence-corrected chi connectivity index (χ0v) is 14.9. The predicted molar refractivity (Wildman–Crippen MR) is 93.5 cm³/mol. The maximum atomic E-state index is 13.1. The van der Waals surface area contributed by atoms with Crippen molar-refractivity contribution in [3.05, 3.63) is 58.6 Å². The summed E-state index contributed by atoms with van der Waals surface area (Å²) in [7, 11) is -3.87. The number of fused-ring (bicyclic) bond motifs is 1. The third-order valence-corrected chi connectivity index (χ3v) is 6.38. The maximum Gasteiger partial charge on any atom is 0.246 e. The van der Waals surface area contributed by atoms with E-state index in [-0.39, 0.29) is 23.0 Å². The average molecular weight is 365 g/mol. The number of rotatable bonds is 2. The van der Waals surface area contributed by atoms with Gasteiger partial charge in [-0.05, 0) is 43.2 Å². The number of sulfonamides is 1. The first-order chi connectivity index (χ1) is 11.3. The Morgan fingerprint density at radius 3 is 2.62 bits per heavy atom. The lowest BCUT2D eigenvalue weighted by Crippen LogP contribution is -2.42. The topological polar surface area (TPSA) is 66.5 Å². The fourth-order valence-electron chi connectivity index (χ4n) is 2.69. The van der Waals surface area contributed by atoms with Crippen LogP contribution in [0.15, 0.2) is 47.4 Å². The molecule has 2 aromatic carbocycles. The number of halogens is 1. The summed E-state index contributed by atoms with van der Waals surface area (Å²) in [5, 5.41) is 2.97. The van der Waals surface area contributed by atoms with Crippen molar-refractivity contribution in [1.82, 2.24) is 4.31 Å². The van der Waals surface area contributed by atoms with Gasteiger partial charge in [-0.1, -0.05) is 35.9 Å². The molecular weight excluding hydrogens is 348 g/mol. The zero-order valence-electron chi connectivity index (χ0n) is 13.3. The van der Waals surface area contributed by atoms with Crippen LogP contribution in [0.4, 0.5) is 5.69 Å². The number of nitrogens with zero attached hydrogens (tertiary/aromatic N) is 1. The summed E-state index contributed by atoms with van der Waals surface area (Å²) in [6, 6.07) is 11.1. The third-order valence-electron chi connectivity index (χ3n) is 4.19. The Morgan fingerprint density at radius 2 is 1.92 bits per heavy atom. The molecule has 0 radical (unpaired) electrons. The number of amides is 1. The van der Waals surface area contributed by atoms with Crippen molar-refractivity contribution in [2.75, 3.05) is 5.32 Å². The minimum Gasteiger partial charge on any atom is -0.323 e. The van der Waals surface area contributed by atoms with Crippen molar-refractivity contribution < 1.29 is 13.2 Å². The van der Waals surface area contributed by atoms with Crippen molar-refractivity contribution in [2.24, 2.45) is 0 Å². The van der Waals surface area contributed by atoms with Gasteiger partial charge >= 0.3 is 0 Å². The molecule has 0 saturated carbocycles.